The normalized spacial score (nSPS) is 15.4. The lowest BCUT2D eigenvalue weighted by Crippen LogP contribution is -2.07. The van der Waals surface area contributed by atoms with E-state index in [1.165, 1.54) is 24.3 Å². The number of benzene rings is 1. The first-order chi connectivity index (χ1) is 8.83. The second-order valence-electron chi connectivity index (χ2n) is 4.50. The molecule has 0 amide bonds. The van der Waals surface area contributed by atoms with Gasteiger partial charge < -0.3 is 5.32 Å². The van der Waals surface area contributed by atoms with E-state index in [0.717, 1.165) is 15.7 Å². The smallest absolute Gasteiger partial charge is 0.136 e. The number of nitrogens with zero attached hydrogens (tertiary/aromatic N) is 2. The minimum atomic E-state index is 0.663. The van der Waals surface area contributed by atoms with E-state index in [-0.39, 0.29) is 0 Å². The van der Waals surface area contributed by atoms with Crippen molar-refractivity contribution in [1.29, 1.82) is 0 Å². The molecular formula is C13H14ClN3S. The van der Waals surface area contributed by atoms with Crippen molar-refractivity contribution in [2.45, 2.75) is 31.7 Å². The van der Waals surface area contributed by atoms with E-state index in [4.69, 9.17) is 11.6 Å². The highest BCUT2D eigenvalue weighted by Gasteiger charge is 2.23. The lowest BCUT2D eigenvalue weighted by Gasteiger charge is -2.21. The largest absolute Gasteiger partial charge is 0.377 e. The maximum atomic E-state index is 6.08. The monoisotopic (exact) mass is 279 g/mol. The second-order valence-corrected chi connectivity index (χ2v) is 6.00. The van der Waals surface area contributed by atoms with E-state index in [9.17, 15) is 0 Å². The standard InChI is InChI=1S/C13H14ClN3S/c14-10-6-1-2-7-11(10)15-8-12-16-17-13(18-12)9-4-3-5-9/h1-2,6-7,9,15H,3-5,8H2. The summed E-state index contributed by atoms with van der Waals surface area (Å²) in [5.41, 5.74) is 0.944. The Morgan fingerprint density at radius 1 is 1.28 bits per heavy atom. The molecule has 5 heteroatoms. The lowest BCUT2D eigenvalue weighted by atomic mass is 9.86. The first kappa shape index (κ1) is 11.9. The van der Waals surface area contributed by atoms with Crippen molar-refractivity contribution >= 4 is 28.6 Å². The Hall–Kier alpha value is -1.13. The summed E-state index contributed by atoms with van der Waals surface area (Å²) in [6.07, 6.45) is 3.87. The van der Waals surface area contributed by atoms with Crippen LogP contribution >= 0.6 is 22.9 Å². The van der Waals surface area contributed by atoms with E-state index in [0.29, 0.717) is 12.5 Å². The fourth-order valence-electron chi connectivity index (χ4n) is 1.93. The molecule has 1 N–H and O–H groups in total. The Morgan fingerprint density at radius 2 is 2.11 bits per heavy atom. The Balaban J connectivity index is 1.63. The van der Waals surface area contributed by atoms with Crippen molar-refractivity contribution in [1.82, 2.24) is 10.2 Å². The highest BCUT2D eigenvalue weighted by molar-refractivity contribution is 7.11. The fraction of sp³-hybridized carbons (Fsp3) is 0.385. The van der Waals surface area contributed by atoms with Crippen molar-refractivity contribution in [3.63, 3.8) is 0 Å². The molecule has 1 aromatic carbocycles. The first-order valence-electron chi connectivity index (χ1n) is 6.13. The molecule has 1 aromatic heterocycles. The molecule has 1 aliphatic rings. The number of hydrogen-bond donors (Lipinski definition) is 1. The summed E-state index contributed by atoms with van der Waals surface area (Å²) in [7, 11) is 0. The molecule has 3 nitrogen and oxygen atoms in total. The van der Waals surface area contributed by atoms with E-state index in [1.54, 1.807) is 11.3 Å². The predicted octanol–water partition coefficient (Wildman–Crippen LogP) is 4.07. The molecular weight excluding hydrogens is 266 g/mol. The van der Waals surface area contributed by atoms with E-state index < -0.39 is 0 Å². The second kappa shape index (κ2) is 5.24. The summed E-state index contributed by atoms with van der Waals surface area (Å²) in [5, 5.41) is 14.7. The third-order valence-electron chi connectivity index (χ3n) is 3.24. The van der Waals surface area contributed by atoms with Crippen LogP contribution in [0, 0.1) is 0 Å². The van der Waals surface area contributed by atoms with Gasteiger partial charge in [0.05, 0.1) is 17.3 Å². The van der Waals surface area contributed by atoms with Crippen LogP contribution in [0.5, 0.6) is 0 Å². The molecule has 18 heavy (non-hydrogen) atoms. The van der Waals surface area contributed by atoms with Crippen LogP contribution in [0.25, 0.3) is 0 Å². The third-order valence-corrected chi connectivity index (χ3v) is 4.66. The van der Waals surface area contributed by atoms with Crippen molar-refractivity contribution in [3.8, 4) is 0 Å². The van der Waals surface area contributed by atoms with Gasteiger partial charge in [-0.1, -0.05) is 41.5 Å². The zero-order valence-electron chi connectivity index (χ0n) is 9.90. The van der Waals surface area contributed by atoms with E-state index in [2.05, 4.69) is 15.5 Å². The molecule has 1 heterocycles. The SMILES string of the molecule is Clc1ccccc1NCc1nnc(C2CCC2)s1. The van der Waals surface area contributed by atoms with Crippen LogP contribution in [0.1, 0.15) is 35.2 Å². The van der Waals surface area contributed by atoms with Gasteiger partial charge >= 0.3 is 0 Å². The van der Waals surface area contributed by atoms with Gasteiger partial charge in [-0.15, -0.1) is 10.2 Å². The number of anilines is 1. The van der Waals surface area contributed by atoms with Crippen molar-refractivity contribution in [3.05, 3.63) is 39.3 Å². The molecule has 0 aliphatic heterocycles. The Bertz CT molecular complexity index is 537. The van der Waals surface area contributed by atoms with E-state index in [1.807, 2.05) is 24.3 Å². The Labute approximate surface area is 115 Å². The summed E-state index contributed by atoms with van der Waals surface area (Å²) >= 11 is 7.80. The molecule has 0 radical (unpaired) electrons. The van der Waals surface area contributed by atoms with Crippen molar-refractivity contribution in [2.24, 2.45) is 0 Å². The van der Waals surface area contributed by atoms with E-state index >= 15 is 0 Å². The summed E-state index contributed by atoms with van der Waals surface area (Å²) < 4.78 is 0. The minimum absolute atomic E-state index is 0.663. The number of aromatic nitrogens is 2. The van der Waals surface area contributed by atoms with Gasteiger partial charge in [-0.3, -0.25) is 0 Å². The number of para-hydroxylation sites is 1. The van der Waals surface area contributed by atoms with Crippen LogP contribution in [0.3, 0.4) is 0 Å². The van der Waals surface area contributed by atoms with Crippen molar-refractivity contribution < 1.29 is 0 Å². The highest BCUT2D eigenvalue weighted by Crippen LogP contribution is 2.37. The number of nitrogens with one attached hydrogen (secondary N) is 1. The molecule has 3 rings (SSSR count). The van der Waals surface area contributed by atoms with Gasteiger partial charge in [-0.05, 0) is 25.0 Å². The number of hydrogen-bond acceptors (Lipinski definition) is 4. The van der Waals surface area contributed by atoms with Gasteiger partial charge in [0, 0.05) is 5.92 Å². The first-order valence-corrected chi connectivity index (χ1v) is 7.33. The summed E-state index contributed by atoms with van der Waals surface area (Å²) in [5.74, 6) is 0.663. The lowest BCUT2D eigenvalue weighted by molar-refractivity contribution is 0.416. The Kier molecular flexibility index (Phi) is 3.48. The number of halogens is 1. The predicted molar refractivity (Wildman–Crippen MR) is 75.3 cm³/mol. The zero-order chi connectivity index (χ0) is 12.4. The van der Waals surface area contributed by atoms with Gasteiger partial charge in [-0.2, -0.15) is 0 Å². The molecule has 0 saturated heterocycles. The summed E-state index contributed by atoms with van der Waals surface area (Å²) in [4.78, 5) is 0. The van der Waals surface area contributed by atoms with Crippen LogP contribution in [0.4, 0.5) is 5.69 Å². The molecule has 0 unspecified atom stereocenters. The minimum Gasteiger partial charge on any atom is -0.377 e. The van der Waals surface area contributed by atoms with Gasteiger partial charge in [0.15, 0.2) is 0 Å². The molecule has 0 atom stereocenters. The van der Waals surface area contributed by atoms with Gasteiger partial charge in [0.25, 0.3) is 0 Å². The maximum Gasteiger partial charge on any atom is 0.136 e. The highest BCUT2D eigenvalue weighted by atomic mass is 35.5. The molecule has 0 bridgehead atoms. The molecule has 94 valence electrons. The fourth-order valence-corrected chi connectivity index (χ4v) is 3.09. The van der Waals surface area contributed by atoms with Gasteiger partial charge in [0.2, 0.25) is 0 Å². The third kappa shape index (κ3) is 2.49. The maximum absolute atomic E-state index is 6.08. The van der Waals surface area contributed by atoms with Gasteiger partial charge in [0.1, 0.15) is 10.0 Å². The molecule has 2 aromatic rings. The summed E-state index contributed by atoms with van der Waals surface area (Å²) in [6, 6.07) is 7.74. The number of rotatable bonds is 4. The van der Waals surface area contributed by atoms with Crippen LogP contribution in [0.2, 0.25) is 5.02 Å². The topological polar surface area (TPSA) is 37.8 Å². The van der Waals surface area contributed by atoms with Crippen LogP contribution in [0.15, 0.2) is 24.3 Å². The van der Waals surface area contributed by atoms with Crippen molar-refractivity contribution in [2.75, 3.05) is 5.32 Å². The Morgan fingerprint density at radius 3 is 2.83 bits per heavy atom. The molecule has 1 fully saturated rings. The van der Waals surface area contributed by atoms with Crippen LogP contribution in [-0.2, 0) is 6.54 Å². The quantitative estimate of drug-likeness (QED) is 0.917. The average Bonchev–Trinajstić information content (AvgIpc) is 2.74. The van der Waals surface area contributed by atoms with Gasteiger partial charge in [-0.25, -0.2) is 0 Å². The van der Waals surface area contributed by atoms with Crippen LogP contribution in [-0.4, -0.2) is 10.2 Å². The summed E-state index contributed by atoms with van der Waals surface area (Å²) in [6.45, 7) is 0.689. The average molecular weight is 280 g/mol. The molecule has 1 saturated carbocycles. The molecule has 0 spiro atoms. The molecule has 1 aliphatic carbocycles. The zero-order valence-corrected chi connectivity index (χ0v) is 11.5. The van der Waals surface area contributed by atoms with Crippen LogP contribution < -0.4 is 5.32 Å².